The van der Waals surface area contributed by atoms with Crippen LogP contribution in [0.25, 0.3) is 11.1 Å². The highest BCUT2D eigenvalue weighted by Crippen LogP contribution is 2.24. The maximum absolute atomic E-state index is 13.5. The standard InChI is InChI=1S/C17H18FN/c1-12-7-15(10-16(18)8-12)14-4-2-3-13(9-14)11-19-17-5-6-17/h2-4,7-10,17,19H,5-6,11H2,1H3. The second-order valence-corrected chi connectivity index (χ2v) is 5.37. The Kier molecular flexibility index (Phi) is 3.34. The second-order valence-electron chi connectivity index (χ2n) is 5.37. The van der Waals surface area contributed by atoms with Crippen LogP contribution in [0.1, 0.15) is 24.0 Å². The molecule has 1 N–H and O–H groups in total. The molecule has 1 aliphatic carbocycles. The van der Waals surface area contributed by atoms with Gasteiger partial charge in [0, 0.05) is 12.6 Å². The Bertz CT molecular complexity index is 567. The van der Waals surface area contributed by atoms with Crippen molar-refractivity contribution in [3.8, 4) is 11.1 Å². The van der Waals surface area contributed by atoms with Gasteiger partial charge in [-0.15, -0.1) is 0 Å². The third kappa shape index (κ3) is 3.21. The molecule has 98 valence electrons. The number of hydrogen-bond donors (Lipinski definition) is 1. The third-order valence-corrected chi connectivity index (χ3v) is 3.47. The molecule has 0 aliphatic heterocycles. The average molecular weight is 255 g/mol. The van der Waals surface area contributed by atoms with Gasteiger partial charge in [0.15, 0.2) is 0 Å². The van der Waals surface area contributed by atoms with E-state index in [2.05, 4.69) is 17.4 Å². The number of aryl methyl sites for hydroxylation is 1. The van der Waals surface area contributed by atoms with Crippen LogP contribution in [0.4, 0.5) is 4.39 Å². The van der Waals surface area contributed by atoms with Gasteiger partial charge < -0.3 is 5.32 Å². The van der Waals surface area contributed by atoms with Crippen molar-refractivity contribution < 1.29 is 4.39 Å². The molecule has 2 aromatic rings. The molecule has 0 saturated heterocycles. The Morgan fingerprint density at radius 1 is 1.11 bits per heavy atom. The van der Waals surface area contributed by atoms with Crippen molar-refractivity contribution in [1.29, 1.82) is 0 Å². The molecule has 1 saturated carbocycles. The molecular weight excluding hydrogens is 237 g/mol. The van der Waals surface area contributed by atoms with Gasteiger partial charge >= 0.3 is 0 Å². The van der Waals surface area contributed by atoms with Crippen molar-refractivity contribution in [2.75, 3.05) is 0 Å². The summed E-state index contributed by atoms with van der Waals surface area (Å²) in [6.07, 6.45) is 2.59. The Balaban J connectivity index is 1.84. The first-order valence-corrected chi connectivity index (χ1v) is 6.80. The molecule has 0 amide bonds. The summed E-state index contributed by atoms with van der Waals surface area (Å²) in [7, 11) is 0. The summed E-state index contributed by atoms with van der Waals surface area (Å²) >= 11 is 0. The highest BCUT2D eigenvalue weighted by Gasteiger charge is 2.19. The van der Waals surface area contributed by atoms with Crippen molar-refractivity contribution in [3.05, 3.63) is 59.4 Å². The van der Waals surface area contributed by atoms with Crippen molar-refractivity contribution >= 4 is 0 Å². The van der Waals surface area contributed by atoms with Crippen LogP contribution < -0.4 is 5.32 Å². The molecular formula is C17H18FN. The molecule has 0 unspecified atom stereocenters. The van der Waals surface area contributed by atoms with E-state index >= 15 is 0 Å². The molecule has 1 nitrogen and oxygen atoms in total. The summed E-state index contributed by atoms with van der Waals surface area (Å²) in [5.74, 6) is -0.170. The predicted molar refractivity (Wildman–Crippen MR) is 76.4 cm³/mol. The average Bonchev–Trinajstić information content (AvgIpc) is 3.20. The minimum absolute atomic E-state index is 0.170. The molecule has 0 atom stereocenters. The van der Waals surface area contributed by atoms with Gasteiger partial charge in [0.05, 0.1) is 0 Å². The Morgan fingerprint density at radius 2 is 1.95 bits per heavy atom. The highest BCUT2D eigenvalue weighted by atomic mass is 19.1. The van der Waals surface area contributed by atoms with Gasteiger partial charge in [-0.2, -0.15) is 0 Å². The summed E-state index contributed by atoms with van der Waals surface area (Å²) in [6.45, 7) is 2.82. The first-order chi connectivity index (χ1) is 9.20. The van der Waals surface area contributed by atoms with Gasteiger partial charge in [0.2, 0.25) is 0 Å². The summed E-state index contributed by atoms with van der Waals surface area (Å²) in [6, 6.07) is 14.2. The zero-order valence-corrected chi connectivity index (χ0v) is 11.1. The molecule has 19 heavy (non-hydrogen) atoms. The SMILES string of the molecule is Cc1cc(F)cc(-c2cccc(CNC3CC3)c2)c1. The fraction of sp³-hybridized carbons (Fsp3) is 0.294. The normalized spacial score (nSPS) is 14.6. The summed E-state index contributed by atoms with van der Waals surface area (Å²) in [5.41, 5.74) is 4.24. The van der Waals surface area contributed by atoms with Gasteiger partial charge in [-0.05, 0) is 60.2 Å². The Morgan fingerprint density at radius 3 is 2.68 bits per heavy atom. The summed E-state index contributed by atoms with van der Waals surface area (Å²) in [5, 5.41) is 3.50. The predicted octanol–water partition coefficient (Wildman–Crippen LogP) is 4.05. The third-order valence-electron chi connectivity index (χ3n) is 3.47. The van der Waals surface area contributed by atoms with Crippen molar-refractivity contribution in [3.63, 3.8) is 0 Å². The van der Waals surface area contributed by atoms with E-state index in [4.69, 9.17) is 0 Å². The molecule has 0 bridgehead atoms. The lowest BCUT2D eigenvalue weighted by Crippen LogP contribution is -2.15. The first kappa shape index (κ1) is 12.4. The Labute approximate surface area is 113 Å². The molecule has 1 aliphatic rings. The molecule has 3 rings (SSSR count). The van der Waals surface area contributed by atoms with Gasteiger partial charge in [-0.25, -0.2) is 4.39 Å². The van der Waals surface area contributed by atoms with Crippen LogP contribution in [0.2, 0.25) is 0 Å². The lowest BCUT2D eigenvalue weighted by atomic mass is 10.0. The number of rotatable bonds is 4. The summed E-state index contributed by atoms with van der Waals surface area (Å²) in [4.78, 5) is 0. The van der Waals surface area contributed by atoms with E-state index in [1.807, 2.05) is 25.1 Å². The van der Waals surface area contributed by atoms with Crippen LogP contribution >= 0.6 is 0 Å². The van der Waals surface area contributed by atoms with E-state index in [-0.39, 0.29) is 5.82 Å². The van der Waals surface area contributed by atoms with Crippen LogP contribution in [-0.2, 0) is 6.54 Å². The lowest BCUT2D eigenvalue weighted by molar-refractivity contribution is 0.627. The van der Waals surface area contributed by atoms with Crippen LogP contribution in [0.5, 0.6) is 0 Å². The van der Waals surface area contributed by atoms with Gasteiger partial charge in [0.25, 0.3) is 0 Å². The fourth-order valence-electron chi connectivity index (χ4n) is 2.31. The summed E-state index contributed by atoms with van der Waals surface area (Å²) < 4.78 is 13.5. The van der Waals surface area contributed by atoms with Gasteiger partial charge in [0.1, 0.15) is 5.82 Å². The number of halogens is 1. The topological polar surface area (TPSA) is 12.0 Å². The minimum atomic E-state index is -0.170. The van der Waals surface area contributed by atoms with Crippen molar-refractivity contribution in [2.45, 2.75) is 32.4 Å². The van der Waals surface area contributed by atoms with Crippen LogP contribution in [-0.4, -0.2) is 6.04 Å². The maximum atomic E-state index is 13.5. The van der Waals surface area contributed by atoms with E-state index < -0.39 is 0 Å². The lowest BCUT2D eigenvalue weighted by Gasteiger charge is -2.08. The van der Waals surface area contributed by atoms with Gasteiger partial charge in [-0.3, -0.25) is 0 Å². The largest absolute Gasteiger partial charge is 0.310 e. The van der Waals surface area contributed by atoms with Crippen molar-refractivity contribution in [2.24, 2.45) is 0 Å². The fourth-order valence-corrected chi connectivity index (χ4v) is 2.31. The smallest absolute Gasteiger partial charge is 0.124 e. The molecule has 0 spiro atoms. The molecule has 1 fully saturated rings. The maximum Gasteiger partial charge on any atom is 0.124 e. The van der Waals surface area contributed by atoms with Crippen LogP contribution in [0.3, 0.4) is 0 Å². The molecule has 2 heteroatoms. The zero-order valence-electron chi connectivity index (χ0n) is 11.1. The zero-order chi connectivity index (χ0) is 13.2. The second kappa shape index (κ2) is 5.14. The van der Waals surface area contributed by atoms with E-state index in [9.17, 15) is 4.39 Å². The first-order valence-electron chi connectivity index (χ1n) is 6.80. The van der Waals surface area contributed by atoms with E-state index in [1.54, 1.807) is 12.1 Å². The molecule has 0 radical (unpaired) electrons. The number of nitrogens with one attached hydrogen (secondary N) is 1. The van der Waals surface area contributed by atoms with Crippen LogP contribution in [0, 0.1) is 12.7 Å². The monoisotopic (exact) mass is 255 g/mol. The van der Waals surface area contributed by atoms with Gasteiger partial charge in [-0.1, -0.05) is 24.3 Å². The van der Waals surface area contributed by atoms with E-state index in [1.165, 1.54) is 18.4 Å². The molecule has 2 aromatic carbocycles. The van der Waals surface area contributed by atoms with Crippen molar-refractivity contribution in [1.82, 2.24) is 5.32 Å². The molecule has 0 heterocycles. The highest BCUT2D eigenvalue weighted by molar-refractivity contribution is 5.65. The van der Waals surface area contributed by atoms with Crippen LogP contribution in [0.15, 0.2) is 42.5 Å². The van der Waals surface area contributed by atoms with E-state index in [0.29, 0.717) is 6.04 Å². The quantitative estimate of drug-likeness (QED) is 0.869. The Hall–Kier alpha value is -1.67. The molecule has 0 aromatic heterocycles. The number of hydrogen-bond acceptors (Lipinski definition) is 1. The minimum Gasteiger partial charge on any atom is -0.310 e. The van der Waals surface area contributed by atoms with E-state index in [0.717, 1.165) is 23.2 Å². The number of benzene rings is 2.